The molecule has 2 aromatic carbocycles. The summed E-state index contributed by atoms with van der Waals surface area (Å²) in [6.07, 6.45) is 0.275. The van der Waals surface area contributed by atoms with Crippen LogP contribution in [0.3, 0.4) is 0 Å². The summed E-state index contributed by atoms with van der Waals surface area (Å²) in [7, 11) is 0. The molecule has 2 rings (SSSR count). The number of phenols is 2. The van der Waals surface area contributed by atoms with Gasteiger partial charge in [-0.3, -0.25) is 9.59 Å². The van der Waals surface area contributed by atoms with Gasteiger partial charge in [-0.05, 0) is 41.8 Å². The monoisotopic (exact) mass is 374 g/mol. The number of aromatic hydroxyl groups is 2. The minimum absolute atomic E-state index is 0.0412. The molecule has 0 fully saturated rings. The molecule has 2 atom stereocenters. The summed E-state index contributed by atoms with van der Waals surface area (Å²) in [4.78, 5) is 24.2. The van der Waals surface area contributed by atoms with Crippen molar-refractivity contribution >= 4 is 11.8 Å². The van der Waals surface area contributed by atoms with E-state index in [2.05, 4.69) is 10.6 Å². The number of nitrogens with one attached hydrogen (secondary N) is 2. The lowest BCUT2D eigenvalue weighted by molar-refractivity contribution is -0.140. The molecule has 0 radical (unpaired) electrons. The molecule has 0 spiro atoms. The second-order valence-corrected chi connectivity index (χ2v) is 6.02. The number of benzene rings is 2. The first kappa shape index (κ1) is 20.2. The van der Waals surface area contributed by atoms with Crippen LogP contribution in [-0.4, -0.2) is 51.5 Å². The van der Waals surface area contributed by atoms with Crippen molar-refractivity contribution in [3.8, 4) is 11.5 Å². The Morgan fingerprint density at radius 2 is 1.30 bits per heavy atom. The second-order valence-electron chi connectivity index (χ2n) is 6.02. The lowest BCUT2D eigenvalue weighted by Crippen LogP contribution is -2.48. The zero-order valence-electron chi connectivity index (χ0n) is 14.5. The number of aliphatic hydroxyl groups is 2. The van der Waals surface area contributed by atoms with Crippen molar-refractivity contribution in [2.75, 3.05) is 13.2 Å². The van der Waals surface area contributed by atoms with Crippen molar-refractivity contribution < 1.29 is 30.0 Å². The van der Waals surface area contributed by atoms with Crippen molar-refractivity contribution in [3.63, 3.8) is 0 Å². The van der Waals surface area contributed by atoms with E-state index in [0.29, 0.717) is 5.56 Å². The normalized spacial score (nSPS) is 12.8. The summed E-state index contributed by atoms with van der Waals surface area (Å²) in [5.74, 6) is -1.75. The molecule has 8 nitrogen and oxygen atoms in total. The van der Waals surface area contributed by atoms with E-state index in [1.807, 2.05) is 0 Å². The van der Waals surface area contributed by atoms with E-state index in [0.717, 1.165) is 5.56 Å². The molecule has 0 unspecified atom stereocenters. The topological polar surface area (TPSA) is 139 Å². The van der Waals surface area contributed by atoms with Crippen LogP contribution in [0.1, 0.15) is 17.2 Å². The fourth-order valence-corrected chi connectivity index (χ4v) is 2.49. The number of aliphatic hydroxyl groups excluding tert-OH is 2. The molecular formula is C19H22N2O6. The van der Waals surface area contributed by atoms with Gasteiger partial charge in [0.25, 0.3) is 0 Å². The quantitative estimate of drug-likeness (QED) is 0.376. The van der Waals surface area contributed by atoms with E-state index >= 15 is 0 Å². The van der Waals surface area contributed by atoms with Gasteiger partial charge in [0.15, 0.2) is 0 Å². The van der Waals surface area contributed by atoms with Gasteiger partial charge in [-0.15, -0.1) is 0 Å². The summed E-state index contributed by atoms with van der Waals surface area (Å²) in [5, 5.41) is 42.3. The van der Waals surface area contributed by atoms with E-state index in [1.54, 1.807) is 12.1 Å². The maximum absolute atomic E-state index is 12.1. The highest BCUT2D eigenvalue weighted by Crippen LogP contribution is 2.16. The van der Waals surface area contributed by atoms with Crippen LogP contribution in [0.25, 0.3) is 0 Å². The third-order valence-electron chi connectivity index (χ3n) is 3.96. The van der Waals surface area contributed by atoms with Crippen LogP contribution in [0.4, 0.5) is 0 Å². The Morgan fingerprint density at radius 3 is 1.81 bits per heavy atom. The summed E-state index contributed by atoms with van der Waals surface area (Å²) in [6, 6.07) is 10.6. The minimum Gasteiger partial charge on any atom is -0.508 e. The molecule has 0 heterocycles. The summed E-state index contributed by atoms with van der Waals surface area (Å²) in [5.41, 5.74) is 1.30. The molecule has 0 aliphatic heterocycles. The van der Waals surface area contributed by atoms with Gasteiger partial charge >= 0.3 is 11.8 Å². The zero-order chi connectivity index (χ0) is 19.8. The Morgan fingerprint density at radius 1 is 0.778 bits per heavy atom. The highest BCUT2D eigenvalue weighted by molar-refractivity contribution is 6.35. The van der Waals surface area contributed by atoms with Gasteiger partial charge in [0.1, 0.15) is 11.5 Å². The smallest absolute Gasteiger partial charge is 0.309 e. The zero-order valence-corrected chi connectivity index (χ0v) is 14.5. The Bertz CT molecular complexity index is 761. The number of phenolic OH excluding ortho intramolecular Hbond substituents is 2. The van der Waals surface area contributed by atoms with E-state index in [1.165, 1.54) is 36.4 Å². The van der Waals surface area contributed by atoms with Gasteiger partial charge in [0, 0.05) is 0 Å². The average molecular weight is 374 g/mol. The average Bonchev–Trinajstić information content (AvgIpc) is 2.67. The molecule has 0 saturated carbocycles. The van der Waals surface area contributed by atoms with E-state index in [4.69, 9.17) is 0 Å². The number of rotatable bonds is 7. The van der Waals surface area contributed by atoms with Crippen LogP contribution in [0, 0.1) is 0 Å². The van der Waals surface area contributed by atoms with Gasteiger partial charge in [-0.25, -0.2) is 0 Å². The van der Waals surface area contributed by atoms with Gasteiger partial charge in [0.05, 0.1) is 25.3 Å². The first-order chi connectivity index (χ1) is 12.9. The van der Waals surface area contributed by atoms with Crippen LogP contribution in [0.5, 0.6) is 11.5 Å². The van der Waals surface area contributed by atoms with Gasteiger partial charge in [-0.2, -0.15) is 0 Å². The Hall–Kier alpha value is -3.10. The molecule has 0 saturated heterocycles. The fourth-order valence-electron chi connectivity index (χ4n) is 2.49. The number of amides is 2. The van der Waals surface area contributed by atoms with Crippen LogP contribution in [0.15, 0.2) is 48.5 Å². The highest BCUT2D eigenvalue weighted by atomic mass is 16.3. The summed E-state index contributed by atoms with van der Waals surface area (Å²) < 4.78 is 0. The first-order valence-electron chi connectivity index (χ1n) is 8.32. The molecule has 8 heteroatoms. The Kier molecular flexibility index (Phi) is 7.16. The lowest BCUT2D eigenvalue weighted by atomic mass is 10.1. The predicted molar refractivity (Wildman–Crippen MR) is 96.9 cm³/mol. The van der Waals surface area contributed by atoms with Gasteiger partial charge in [-0.1, -0.05) is 24.3 Å². The van der Waals surface area contributed by atoms with E-state index < -0.39 is 30.5 Å². The minimum atomic E-state index is -0.953. The Balaban J connectivity index is 1.95. The third-order valence-corrected chi connectivity index (χ3v) is 3.96. The van der Waals surface area contributed by atoms with Crippen molar-refractivity contribution in [1.82, 2.24) is 10.6 Å². The molecular weight excluding hydrogens is 352 g/mol. The predicted octanol–water partition coefficient (Wildman–Crippen LogP) is -0.0328. The number of hydrogen-bond acceptors (Lipinski definition) is 6. The summed E-state index contributed by atoms with van der Waals surface area (Å²) in [6.45, 7) is -0.804. The van der Waals surface area contributed by atoms with Gasteiger partial charge in [0.2, 0.25) is 0 Å². The van der Waals surface area contributed by atoms with Crippen molar-refractivity contribution in [2.24, 2.45) is 0 Å². The maximum atomic E-state index is 12.1. The van der Waals surface area contributed by atoms with E-state index in [-0.39, 0.29) is 24.5 Å². The molecule has 0 aromatic heterocycles. The van der Waals surface area contributed by atoms with Crippen molar-refractivity contribution in [3.05, 3.63) is 59.7 Å². The molecule has 0 aliphatic rings. The Labute approximate surface area is 156 Å². The lowest BCUT2D eigenvalue weighted by Gasteiger charge is -2.19. The molecule has 2 aromatic rings. The van der Waals surface area contributed by atoms with Crippen LogP contribution in [0.2, 0.25) is 0 Å². The van der Waals surface area contributed by atoms with Crippen LogP contribution < -0.4 is 10.6 Å². The number of carbonyl (C=O) groups is 2. The molecule has 6 N–H and O–H groups in total. The molecule has 2 amide bonds. The van der Waals surface area contributed by atoms with Gasteiger partial charge < -0.3 is 31.1 Å². The van der Waals surface area contributed by atoms with Crippen molar-refractivity contribution in [2.45, 2.75) is 18.5 Å². The highest BCUT2D eigenvalue weighted by Gasteiger charge is 2.22. The fraction of sp³-hybridized carbons (Fsp3) is 0.263. The molecule has 0 aliphatic carbocycles. The number of carbonyl (C=O) groups excluding carboxylic acids is 2. The van der Waals surface area contributed by atoms with Crippen molar-refractivity contribution in [1.29, 1.82) is 0 Å². The van der Waals surface area contributed by atoms with E-state index in [9.17, 15) is 30.0 Å². The van der Waals surface area contributed by atoms with Crippen LogP contribution in [-0.2, 0) is 16.0 Å². The SMILES string of the molecule is O=C(N[C@H](CO)Cc1ccc(O)cc1)C(=O)N[C@H](CO)c1ccc(O)cc1. The molecule has 27 heavy (non-hydrogen) atoms. The standard InChI is InChI=1S/C19H22N2O6/c22-10-14(9-12-1-5-15(24)6-2-12)20-18(26)19(27)21-17(11-23)13-3-7-16(25)8-4-13/h1-8,14,17,22-25H,9-11H2,(H,20,26)(H,21,27)/t14-,17+/m0/s1. The second kappa shape index (κ2) is 9.56. The largest absolute Gasteiger partial charge is 0.508 e. The maximum Gasteiger partial charge on any atom is 0.309 e. The third kappa shape index (κ3) is 5.98. The number of hydrogen-bond donors (Lipinski definition) is 6. The molecule has 144 valence electrons. The summed E-state index contributed by atoms with van der Waals surface area (Å²) >= 11 is 0. The van der Waals surface area contributed by atoms with Crippen LogP contribution >= 0.6 is 0 Å². The molecule has 0 bridgehead atoms. The first-order valence-corrected chi connectivity index (χ1v) is 8.32.